The van der Waals surface area contributed by atoms with Crippen molar-refractivity contribution in [3.63, 3.8) is 0 Å². The SMILES string of the molecule is Cc1ccc(-c2csc3ncn(CC(=O)NC4(C#N)CCCCC4)c(=O)c23)cc1C. The van der Waals surface area contributed by atoms with Crippen LogP contribution in [0.1, 0.15) is 43.2 Å². The van der Waals surface area contributed by atoms with Crippen molar-refractivity contribution in [3.05, 3.63) is 51.4 Å². The first-order valence-corrected chi connectivity index (χ1v) is 11.1. The number of aryl methyl sites for hydroxylation is 2. The van der Waals surface area contributed by atoms with Crippen LogP contribution in [0.25, 0.3) is 21.3 Å². The van der Waals surface area contributed by atoms with Crippen molar-refractivity contribution in [2.75, 3.05) is 0 Å². The molecule has 1 aliphatic rings. The van der Waals surface area contributed by atoms with Gasteiger partial charge in [-0.3, -0.25) is 14.2 Å². The fourth-order valence-corrected chi connectivity index (χ4v) is 4.99. The van der Waals surface area contributed by atoms with Crippen LogP contribution in [0.5, 0.6) is 0 Å². The van der Waals surface area contributed by atoms with Crippen LogP contribution in [0, 0.1) is 25.2 Å². The Bertz CT molecular complexity index is 1210. The van der Waals surface area contributed by atoms with Gasteiger partial charge in [-0.1, -0.05) is 37.5 Å². The smallest absolute Gasteiger partial charge is 0.263 e. The lowest BCUT2D eigenvalue weighted by Gasteiger charge is -2.31. The highest BCUT2D eigenvalue weighted by Gasteiger charge is 2.33. The van der Waals surface area contributed by atoms with E-state index in [4.69, 9.17) is 0 Å². The zero-order chi connectivity index (χ0) is 21.3. The molecule has 0 saturated heterocycles. The van der Waals surface area contributed by atoms with E-state index in [0.29, 0.717) is 23.1 Å². The molecular weight excluding hydrogens is 396 g/mol. The number of hydrogen-bond acceptors (Lipinski definition) is 5. The molecule has 4 rings (SSSR count). The van der Waals surface area contributed by atoms with Gasteiger partial charge in [0.25, 0.3) is 5.56 Å². The van der Waals surface area contributed by atoms with E-state index in [-0.39, 0.29) is 18.0 Å². The molecule has 0 bridgehead atoms. The van der Waals surface area contributed by atoms with Gasteiger partial charge in [0.15, 0.2) is 0 Å². The Morgan fingerprint density at radius 2 is 2.03 bits per heavy atom. The molecule has 0 aliphatic heterocycles. The summed E-state index contributed by atoms with van der Waals surface area (Å²) in [5.74, 6) is -0.329. The molecule has 1 amide bonds. The summed E-state index contributed by atoms with van der Waals surface area (Å²) in [5, 5.41) is 14.9. The van der Waals surface area contributed by atoms with E-state index in [1.807, 2.05) is 24.4 Å². The van der Waals surface area contributed by atoms with E-state index in [2.05, 4.69) is 29.4 Å². The van der Waals surface area contributed by atoms with Gasteiger partial charge >= 0.3 is 0 Å². The van der Waals surface area contributed by atoms with Crippen LogP contribution in [0.3, 0.4) is 0 Å². The summed E-state index contributed by atoms with van der Waals surface area (Å²) in [6.45, 7) is 3.95. The minimum atomic E-state index is -0.816. The summed E-state index contributed by atoms with van der Waals surface area (Å²) in [5.41, 5.74) is 3.11. The van der Waals surface area contributed by atoms with Gasteiger partial charge in [0.2, 0.25) is 5.91 Å². The Hall–Kier alpha value is -2.98. The number of amides is 1. The van der Waals surface area contributed by atoms with E-state index in [1.54, 1.807) is 0 Å². The molecule has 1 fully saturated rings. The molecule has 1 saturated carbocycles. The number of carbonyl (C=O) groups is 1. The summed E-state index contributed by atoms with van der Waals surface area (Å²) in [7, 11) is 0. The Balaban J connectivity index is 1.65. The largest absolute Gasteiger partial charge is 0.336 e. The quantitative estimate of drug-likeness (QED) is 0.689. The van der Waals surface area contributed by atoms with Crippen molar-refractivity contribution in [2.45, 2.75) is 58.0 Å². The molecule has 0 spiro atoms. The lowest BCUT2D eigenvalue weighted by Crippen LogP contribution is -2.50. The highest BCUT2D eigenvalue weighted by molar-refractivity contribution is 7.17. The third kappa shape index (κ3) is 3.75. The summed E-state index contributed by atoms with van der Waals surface area (Å²) >= 11 is 1.42. The van der Waals surface area contributed by atoms with E-state index in [9.17, 15) is 14.9 Å². The topological polar surface area (TPSA) is 87.8 Å². The first kappa shape index (κ1) is 20.3. The zero-order valence-corrected chi connectivity index (χ0v) is 18.0. The number of nitrogens with zero attached hydrogens (tertiary/aromatic N) is 3. The van der Waals surface area contributed by atoms with Crippen molar-refractivity contribution < 1.29 is 4.79 Å². The van der Waals surface area contributed by atoms with Crippen LogP contribution in [0.4, 0.5) is 0 Å². The second kappa shape index (κ2) is 8.04. The van der Waals surface area contributed by atoms with Crippen molar-refractivity contribution in [2.24, 2.45) is 0 Å². The average Bonchev–Trinajstić information content (AvgIpc) is 3.18. The Morgan fingerprint density at radius 3 is 2.73 bits per heavy atom. The van der Waals surface area contributed by atoms with Crippen LogP contribution in [-0.2, 0) is 11.3 Å². The number of nitrogens with one attached hydrogen (secondary N) is 1. The lowest BCUT2D eigenvalue weighted by molar-refractivity contribution is -0.123. The van der Waals surface area contributed by atoms with Gasteiger partial charge in [-0.25, -0.2) is 4.98 Å². The van der Waals surface area contributed by atoms with Crippen molar-refractivity contribution in [3.8, 4) is 17.2 Å². The van der Waals surface area contributed by atoms with Gasteiger partial charge < -0.3 is 5.32 Å². The third-order valence-electron chi connectivity index (χ3n) is 5.99. The van der Waals surface area contributed by atoms with Gasteiger partial charge in [0.05, 0.1) is 17.8 Å². The van der Waals surface area contributed by atoms with Crippen LogP contribution in [0.15, 0.2) is 34.7 Å². The molecule has 7 heteroatoms. The Kier molecular flexibility index (Phi) is 5.44. The molecule has 2 aromatic heterocycles. The van der Waals surface area contributed by atoms with Crippen LogP contribution in [0.2, 0.25) is 0 Å². The molecule has 30 heavy (non-hydrogen) atoms. The first-order chi connectivity index (χ1) is 14.4. The van der Waals surface area contributed by atoms with Gasteiger partial charge in [0, 0.05) is 10.9 Å². The number of benzene rings is 1. The highest BCUT2D eigenvalue weighted by atomic mass is 32.1. The van der Waals surface area contributed by atoms with Gasteiger partial charge in [0.1, 0.15) is 16.9 Å². The summed E-state index contributed by atoms with van der Waals surface area (Å²) in [6.07, 6.45) is 5.67. The number of thiophene rings is 1. The number of hydrogen-bond donors (Lipinski definition) is 1. The standard InChI is InChI=1S/C23H24N4O2S/c1-15-6-7-17(10-16(15)2)18-12-30-21-20(18)22(29)27(14-25-21)11-19(28)26-23(13-24)8-4-3-5-9-23/h6-7,10,12,14H,3-5,8-9,11H2,1-2H3,(H,26,28). The van der Waals surface area contributed by atoms with Crippen molar-refractivity contribution in [1.29, 1.82) is 5.26 Å². The zero-order valence-electron chi connectivity index (χ0n) is 17.2. The van der Waals surface area contributed by atoms with E-state index in [0.717, 1.165) is 36.0 Å². The number of nitriles is 1. The summed E-state index contributed by atoms with van der Waals surface area (Å²) in [6, 6.07) is 8.40. The number of carbonyl (C=O) groups excluding carboxylic acids is 1. The normalized spacial score (nSPS) is 15.6. The van der Waals surface area contributed by atoms with Gasteiger partial charge in [-0.05, 0) is 43.4 Å². The maximum absolute atomic E-state index is 13.2. The molecule has 0 unspecified atom stereocenters. The van der Waals surface area contributed by atoms with Crippen LogP contribution in [-0.4, -0.2) is 21.0 Å². The maximum Gasteiger partial charge on any atom is 0.263 e. The van der Waals surface area contributed by atoms with E-state index < -0.39 is 5.54 Å². The molecule has 154 valence electrons. The molecule has 0 atom stereocenters. The maximum atomic E-state index is 13.2. The van der Waals surface area contributed by atoms with E-state index in [1.165, 1.54) is 27.8 Å². The average molecular weight is 421 g/mol. The Labute approximate surface area is 179 Å². The molecule has 0 radical (unpaired) electrons. The lowest BCUT2D eigenvalue weighted by atomic mass is 9.83. The van der Waals surface area contributed by atoms with Crippen molar-refractivity contribution >= 4 is 27.5 Å². The predicted molar refractivity (Wildman–Crippen MR) is 118 cm³/mol. The fourth-order valence-electron chi connectivity index (χ4n) is 4.08. The molecular formula is C23H24N4O2S. The molecule has 2 heterocycles. The Morgan fingerprint density at radius 1 is 1.27 bits per heavy atom. The van der Waals surface area contributed by atoms with E-state index >= 15 is 0 Å². The third-order valence-corrected chi connectivity index (χ3v) is 6.88. The van der Waals surface area contributed by atoms with Crippen LogP contribution >= 0.6 is 11.3 Å². The highest BCUT2D eigenvalue weighted by Crippen LogP contribution is 2.32. The second-order valence-corrected chi connectivity index (χ2v) is 8.97. The molecule has 3 aromatic rings. The summed E-state index contributed by atoms with van der Waals surface area (Å²) < 4.78 is 1.34. The molecule has 6 nitrogen and oxygen atoms in total. The second-order valence-electron chi connectivity index (χ2n) is 8.11. The van der Waals surface area contributed by atoms with Crippen LogP contribution < -0.4 is 10.9 Å². The first-order valence-electron chi connectivity index (χ1n) is 10.2. The molecule has 1 aromatic carbocycles. The monoisotopic (exact) mass is 420 g/mol. The fraction of sp³-hybridized carbons (Fsp3) is 0.391. The van der Waals surface area contributed by atoms with Gasteiger partial charge in [-0.2, -0.15) is 5.26 Å². The number of aromatic nitrogens is 2. The predicted octanol–water partition coefficient (Wildman–Crippen LogP) is 4.08. The van der Waals surface area contributed by atoms with Gasteiger partial charge in [-0.15, -0.1) is 11.3 Å². The number of rotatable bonds is 4. The molecule has 1 aliphatic carbocycles. The molecule has 1 N–H and O–H groups in total. The van der Waals surface area contributed by atoms with Crippen molar-refractivity contribution in [1.82, 2.24) is 14.9 Å². The summed E-state index contributed by atoms with van der Waals surface area (Å²) in [4.78, 5) is 30.9. The number of fused-ring (bicyclic) bond motifs is 1. The minimum absolute atomic E-state index is 0.145. The minimum Gasteiger partial charge on any atom is -0.336 e.